The summed E-state index contributed by atoms with van der Waals surface area (Å²) in [5.74, 6) is -0.374. The van der Waals surface area contributed by atoms with E-state index in [4.69, 9.17) is 11.6 Å². The van der Waals surface area contributed by atoms with Crippen molar-refractivity contribution in [3.05, 3.63) is 82.4 Å². The average Bonchev–Trinajstić information content (AvgIpc) is 3.28. The van der Waals surface area contributed by atoms with Gasteiger partial charge in [-0.1, -0.05) is 23.7 Å². The van der Waals surface area contributed by atoms with Gasteiger partial charge in [0.05, 0.1) is 22.0 Å². The minimum atomic E-state index is -0.369. The zero-order valence-corrected chi connectivity index (χ0v) is 22.5. The molecule has 7 nitrogen and oxygen atoms in total. The Morgan fingerprint density at radius 2 is 1.76 bits per heavy atom. The van der Waals surface area contributed by atoms with Gasteiger partial charge in [0, 0.05) is 71.6 Å². The van der Waals surface area contributed by atoms with Gasteiger partial charge in [0.1, 0.15) is 17.6 Å². The number of anilines is 2. The van der Waals surface area contributed by atoms with E-state index in [1.165, 1.54) is 18.2 Å². The van der Waals surface area contributed by atoms with Gasteiger partial charge in [-0.25, -0.2) is 4.39 Å². The molecule has 1 unspecified atom stereocenters. The second-order valence-electron chi connectivity index (χ2n) is 10.1. The lowest BCUT2D eigenvalue weighted by Crippen LogP contribution is -2.54. The molecule has 3 aromatic rings. The van der Waals surface area contributed by atoms with Crippen LogP contribution in [0.15, 0.2) is 54.7 Å². The average molecular weight is 535 g/mol. The molecule has 198 valence electrons. The van der Waals surface area contributed by atoms with E-state index in [0.29, 0.717) is 36.6 Å². The van der Waals surface area contributed by atoms with Crippen molar-refractivity contribution in [3.8, 4) is 6.07 Å². The zero-order chi connectivity index (χ0) is 26.8. The largest absolute Gasteiger partial charge is 0.368 e. The van der Waals surface area contributed by atoms with E-state index < -0.39 is 0 Å². The van der Waals surface area contributed by atoms with Crippen LogP contribution in [0.25, 0.3) is 0 Å². The molecule has 0 aliphatic carbocycles. The molecule has 1 aromatic heterocycles. The number of rotatable bonds is 5. The number of amides is 1. The number of aryl methyl sites for hydroxylation is 1. The van der Waals surface area contributed by atoms with Gasteiger partial charge < -0.3 is 19.3 Å². The summed E-state index contributed by atoms with van der Waals surface area (Å²) >= 11 is 6.38. The lowest BCUT2D eigenvalue weighted by molar-refractivity contribution is 0.0664. The van der Waals surface area contributed by atoms with E-state index in [1.54, 1.807) is 0 Å². The van der Waals surface area contributed by atoms with E-state index in [0.717, 1.165) is 49.0 Å². The van der Waals surface area contributed by atoms with Gasteiger partial charge in [-0.15, -0.1) is 0 Å². The monoisotopic (exact) mass is 534 g/mol. The number of carbonyl (C=O) groups is 1. The minimum absolute atomic E-state index is 0.00538. The van der Waals surface area contributed by atoms with Crippen LogP contribution in [-0.4, -0.2) is 72.1 Å². The van der Waals surface area contributed by atoms with Gasteiger partial charge in [-0.3, -0.25) is 9.69 Å². The SMILES string of the molecule is CC1CN(c2cc(F)ccc2C#N)CCN1C(=O)c1cc(CN2CCN(c3ccccc3Cl)CC2)cn1C. The van der Waals surface area contributed by atoms with Crippen LogP contribution in [0.1, 0.15) is 28.5 Å². The molecule has 2 saturated heterocycles. The van der Waals surface area contributed by atoms with Crippen LogP contribution in [0.2, 0.25) is 5.02 Å². The molecule has 2 aliphatic heterocycles. The van der Waals surface area contributed by atoms with E-state index in [9.17, 15) is 14.4 Å². The van der Waals surface area contributed by atoms with Crippen LogP contribution in [-0.2, 0) is 13.6 Å². The highest BCUT2D eigenvalue weighted by Gasteiger charge is 2.31. The third kappa shape index (κ3) is 5.35. The van der Waals surface area contributed by atoms with E-state index in [1.807, 2.05) is 58.8 Å². The summed E-state index contributed by atoms with van der Waals surface area (Å²) in [6.07, 6.45) is 2.04. The molecule has 0 spiro atoms. The predicted molar refractivity (Wildman–Crippen MR) is 148 cm³/mol. The summed E-state index contributed by atoms with van der Waals surface area (Å²) in [4.78, 5) is 22.1. The van der Waals surface area contributed by atoms with Crippen LogP contribution >= 0.6 is 11.6 Å². The summed E-state index contributed by atoms with van der Waals surface area (Å²) in [6.45, 7) is 8.03. The molecule has 38 heavy (non-hydrogen) atoms. The number of carbonyl (C=O) groups excluding carboxylic acids is 1. The third-order valence-electron chi connectivity index (χ3n) is 7.56. The standard InChI is InChI=1S/C29H32ClFN6O/c1-21-18-36(27-16-24(31)8-7-23(27)17-32)13-14-37(21)29(38)28-15-22(19-33(28)2)20-34-9-11-35(12-10-34)26-6-4-3-5-25(26)30/h3-8,15-16,19,21H,9-14,18,20H2,1-2H3. The van der Waals surface area contributed by atoms with Crippen LogP contribution in [0.4, 0.5) is 15.8 Å². The third-order valence-corrected chi connectivity index (χ3v) is 7.88. The first kappa shape index (κ1) is 26.1. The molecule has 0 N–H and O–H groups in total. The smallest absolute Gasteiger partial charge is 0.270 e. The molecule has 5 rings (SSSR count). The van der Waals surface area contributed by atoms with Crippen molar-refractivity contribution in [2.24, 2.45) is 7.05 Å². The number of piperazine rings is 2. The van der Waals surface area contributed by atoms with Crippen molar-refractivity contribution < 1.29 is 9.18 Å². The molecule has 0 saturated carbocycles. The van der Waals surface area contributed by atoms with Crippen LogP contribution in [0.5, 0.6) is 0 Å². The number of hydrogen-bond acceptors (Lipinski definition) is 5. The number of benzene rings is 2. The van der Waals surface area contributed by atoms with Gasteiger partial charge >= 0.3 is 0 Å². The topological polar surface area (TPSA) is 58.8 Å². The molecule has 0 radical (unpaired) electrons. The van der Waals surface area contributed by atoms with Gasteiger partial charge in [0.15, 0.2) is 0 Å². The maximum absolute atomic E-state index is 13.9. The van der Waals surface area contributed by atoms with E-state index >= 15 is 0 Å². The second kappa shape index (κ2) is 11.1. The molecule has 0 bridgehead atoms. The summed E-state index contributed by atoms with van der Waals surface area (Å²) in [7, 11) is 1.92. The molecule has 2 aliphatic rings. The fourth-order valence-corrected chi connectivity index (χ4v) is 5.79. The summed E-state index contributed by atoms with van der Waals surface area (Å²) in [6, 6.07) is 16.2. The number of halogens is 2. The van der Waals surface area contributed by atoms with Crippen molar-refractivity contribution in [2.75, 3.05) is 55.6 Å². The van der Waals surface area contributed by atoms with E-state index in [2.05, 4.69) is 21.9 Å². The Labute approximate surface area is 228 Å². The highest BCUT2D eigenvalue weighted by atomic mass is 35.5. The highest BCUT2D eigenvalue weighted by Crippen LogP contribution is 2.27. The van der Waals surface area contributed by atoms with Crippen molar-refractivity contribution in [3.63, 3.8) is 0 Å². The lowest BCUT2D eigenvalue weighted by atomic mass is 10.1. The molecule has 2 aromatic carbocycles. The number of nitriles is 1. The Morgan fingerprint density at radius 1 is 1.03 bits per heavy atom. The Bertz CT molecular complexity index is 1360. The first-order valence-electron chi connectivity index (χ1n) is 13.0. The molecular formula is C29H32ClFN6O. The quantitative estimate of drug-likeness (QED) is 0.487. The van der Waals surface area contributed by atoms with Crippen LogP contribution in [0, 0.1) is 17.1 Å². The molecule has 1 amide bonds. The maximum Gasteiger partial charge on any atom is 0.270 e. The Hall–Kier alpha value is -3.54. The highest BCUT2D eigenvalue weighted by molar-refractivity contribution is 6.33. The molecular weight excluding hydrogens is 503 g/mol. The van der Waals surface area contributed by atoms with E-state index in [-0.39, 0.29) is 17.8 Å². The number of para-hydroxylation sites is 1. The molecule has 2 fully saturated rings. The Balaban J connectivity index is 1.20. The lowest BCUT2D eigenvalue weighted by Gasteiger charge is -2.41. The van der Waals surface area contributed by atoms with Gasteiger partial charge in [-0.2, -0.15) is 5.26 Å². The Morgan fingerprint density at radius 3 is 2.47 bits per heavy atom. The predicted octanol–water partition coefficient (Wildman–Crippen LogP) is 4.36. The molecule has 3 heterocycles. The normalized spacial score (nSPS) is 18.5. The van der Waals surface area contributed by atoms with Crippen molar-refractivity contribution in [1.29, 1.82) is 5.26 Å². The number of nitrogens with zero attached hydrogens (tertiary/aromatic N) is 6. The summed E-state index contributed by atoms with van der Waals surface area (Å²) in [5, 5.41) is 10.2. The van der Waals surface area contributed by atoms with Gasteiger partial charge in [0.2, 0.25) is 0 Å². The van der Waals surface area contributed by atoms with Gasteiger partial charge in [0.25, 0.3) is 5.91 Å². The van der Waals surface area contributed by atoms with Crippen molar-refractivity contribution in [2.45, 2.75) is 19.5 Å². The first-order valence-corrected chi connectivity index (χ1v) is 13.3. The summed E-state index contributed by atoms with van der Waals surface area (Å²) in [5.41, 5.74) is 3.89. The summed E-state index contributed by atoms with van der Waals surface area (Å²) < 4.78 is 15.8. The van der Waals surface area contributed by atoms with Crippen molar-refractivity contribution in [1.82, 2.24) is 14.4 Å². The minimum Gasteiger partial charge on any atom is -0.368 e. The Kier molecular flexibility index (Phi) is 7.59. The molecule has 1 atom stereocenters. The van der Waals surface area contributed by atoms with Gasteiger partial charge in [-0.05, 0) is 48.9 Å². The fourth-order valence-electron chi connectivity index (χ4n) is 5.53. The molecule has 9 heteroatoms. The number of hydrogen-bond donors (Lipinski definition) is 0. The fraction of sp³-hybridized carbons (Fsp3) is 0.379. The zero-order valence-electron chi connectivity index (χ0n) is 21.8. The number of aromatic nitrogens is 1. The second-order valence-corrected chi connectivity index (χ2v) is 10.5. The maximum atomic E-state index is 13.9. The first-order chi connectivity index (χ1) is 18.3. The van der Waals surface area contributed by atoms with Crippen LogP contribution in [0.3, 0.4) is 0 Å². The van der Waals surface area contributed by atoms with Crippen molar-refractivity contribution >= 4 is 28.9 Å². The van der Waals surface area contributed by atoms with Crippen LogP contribution < -0.4 is 9.80 Å².